The molecule has 0 aromatic carbocycles. The van der Waals surface area contributed by atoms with Crippen LogP contribution < -0.4 is 5.32 Å². The number of thiophene rings is 1. The minimum absolute atomic E-state index is 0.0349. The van der Waals surface area contributed by atoms with Gasteiger partial charge in [0.1, 0.15) is 0 Å². The molecular formula is C22H33N3O3S. The Balaban J connectivity index is 1.35. The molecule has 4 rings (SSSR count). The number of carbonyl (C=O) groups is 2. The first kappa shape index (κ1) is 20.7. The highest BCUT2D eigenvalue weighted by Crippen LogP contribution is 2.37. The first-order valence-corrected chi connectivity index (χ1v) is 12.1. The Kier molecular flexibility index (Phi) is 6.75. The van der Waals surface area contributed by atoms with Gasteiger partial charge >= 0.3 is 6.03 Å². The van der Waals surface area contributed by atoms with E-state index in [-0.39, 0.29) is 18.5 Å². The standard InChI is InChI=1S/C22H33N3O3S/c26-13-9-23-22(28)24-11-7-17(8-12-24)20-14-18(15-29-20)21(27)25-10-3-5-16-4-1-2-6-19(16)25/h14-17,19,26H,1-13H2,(H,23,28). The zero-order valence-electron chi connectivity index (χ0n) is 17.1. The van der Waals surface area contributed by atoms with Crippen LogP contribution in [0.3, 0.4) is 0 Å². The average molecular weight is 420 g/mol. The summed E-state index contributed by atoms with van der Waals surface area (Å²) < 4.78 is 0. The number of nitrogens with zero attached hydrogens (tertiary/aromatic N) is 2. The van der Waals surface area contributed by atoms with E-state index in [2.05, 4.69) is 16.3 Å². The van der Waals surface area contributed by atoms with Crippen molar-refractivity contribution in [1.29, 1.82) is 0 Å². The maximum Gasteiger partial charge on any atom is 0.317 e. The zero-order chi connectivity index (χ0) is 20.2. The summed E-state index contributed by atoms with van der Waals surface area (Å²) in [7, 11) is 0. The lowest BCUT2D eigenvalue weighted by molar-refractivity contribution is 0.0391. The second-order valence-corrected chi connectivity index (χ2v) is 9.65. The second kappa shape index (κ2) is 9.47. The molecular weight excluding hydrogens is 386 g/mol. The van der Waals surface area contributed by atoms with E-state index < -0.39 is 0 Å². The van der Waals surface area contributed by atoms with Crippen LogP contribution >= 0.6 is 11.3 Å². The molecule has 29 heavy (non-hydrogen) atoms. The number of hydrogen-bond donors (Lipinski definition) is 2. The molecule has 6 nitrogen and oxygen atoms in total. The summed E-state index contributed by atoms with van der Waals surface area (Å²) in [6.07, 6.45) is 9.31. The Morgan fingerprint density at radius 3 is 2.62 bits per heavy atom. The van der Waals surface area contributed by atoms with E-state index in [1.165, 1.54) is 37.0 Å². The fraction of sp³-hybridized carbons (Fsp3) is 0.727. The minimum Gasteiger partial charge on any atom is -0.395 e. The summed E-state index contributed by atoms with van der Waals surface area (Å²) in [6, 6.07) is 2.48. The molecule has 1 aliphatic carbocycles. The molecule has 2 atom stereocenters. The molecule has 1 saturated carbocycles. The van der Waals surface area contributed by atoms with Gasteiger partial charge in [-0.05, 0) is 56.4 Å². The second-order valence-electron chi connectivity index (χ2n) is 8.71. The smallest absolute Gasteiger partial charge is 0.317 e. The molecule has 2 saturated heterocycles. The van der Waals surface area contributed by atoms with Crippen LogP contribution in [0.1, 0.15) is 72.5 Å². The Bertz CT molecular complexity index is 712. The highest BCUT2D eigenvalue weighted by molar-refractivity contribution is 7.10. The number of aliphatic hydroxyl groups is 1. The van der Waals surface area contributed by atoms with Crippen molar-refractivity contribution in [3.63, 3.8) is 0 Å². The first-order chi connectivity index (χ1) is 14.2. The van der Waals surface area contributed by atoms with Gasteiger partial charge in [-0.25, -0.2) is 4.79 Å². The van der Waals surface area contributed by atoms with Crippen molar-refractivity contribution in [3.8, 4) is 0 Å². The van der Waals surface area contributed by atoms with E-state index in [1.807, 2.05) is 10.3 Å². The number of hydrogen-bond acceptors (Lipinski definition) is 4. The summed E-state index contributed by atoms with van der Waals surface area (Å²) in [5.41, 5.74) is 0.861. The van der Waals surface area contributed by atoms with Gasteiger partial charge in [0.2, 0.25) is 0 Å². The van der Waals surface area contributed by atoms with Gasteiger partial charge in [0, 0.05) is 42.5 Å². The van der Waals surface area contributed by atoms with Crippen LogP contribution in [0.15, 0.2) is 11.4 Å². The highest BCUT2D eigenvalue weighted by atomic mass is 32.1. The van der Waals surface area contributed by atoms with E-state index in [0.717, 1.165) is 44.5 Å². The van der Waals surface area contributed by atoms with E-state index in [4.69, 9.17) is 5.11 Å². The van der Waals surface area contributed by atoms with Crippen molar-refractivity contribution in [1.82, 2.24) is 15.1 Å². The van der Waals surface area contributed by atoms with Gasteiger partial charge in [-0.3, -0.25) is 4.79 Å². The van der Waals surface area contributed by atoms with Crippen molar-refractivity contribution in [2.75, 3.05) is 32.8 Å². The van der Waals surface area contributed by atoms with Crippen LogP contribution in [-0.2, 0) is 0 Å². The van der Waals surface area contributed by atoms with Gasteiger partial charge in [-0.15, -0.1) is 11.3 Å². The quantitative estimate of drug-likeness (QED) is 0.785. The maximum absolute atomic E-state index is 13.2. The van der Waals surface area contributed by atoms with Crippen LogP contribution in [0.4, 0.5) is 4.79 Å². The molecule has 3 aliphatic rings. The molecule has 1 aromatic heterocycles. The van der Waals surface area contributed by atoms with Gasteiger partial charge in [0.25, 0.3) is 5.91 Å². The third-order valence-electron chi connectivity index (χ3n) is 6.94. The third-order valence-corrected chi connectivity index (χ3v) is 8.04. The van der Waals surface area contributed by atoms with Gasteiger partial charge in [-0.2, -0.15) is 0 Å². The number of fused-ring (bicyclic) bond motifs is 1. The molecule has 7 heteroatoms. The molecule has 0 bridgehead atoms. The molecule has 3 heterocycles. The van der Waals surface area contributed by atoms with Crippen molar-refractivity contribution in [3.05, 3.63) is 21.9 Å². The summed E-state index contributed by atoms with van der Waals surface area (Å²) in [5.74, 6) is 1.36. The molecule has 3 fully saturated rings. The lowest BCUT2D eigenvalue weighted by Gasteiger charge is -2.44. The lowest BCUT2D eigenvalue weighted by atomic mass is 9.78. The first-order valence-electron chi connectivity index (χ1n) is 11.2. The van der Waals surface area contributed by atoms with Crippen LogP contribution in [0.2, 0.25) is 0 Å². The van der Waals surface area contributed by atoms with Crippen molar-refractivity contribution in [2.24, 2.45) is 5.92 Å². The molecule has 2 N–H and O–H groups in total. The van der Waals surface area contributed by atoms with Crippen LogP contribution in [0, 0.1) is 5.92 Å². The molecule has 2 unspecified atom stereocenters. The van der Waals surface area contributed by atoms with Gasteiger partial charge in [0.05, 0.1) is 12.2 Å². The van der Waals surface area contributed by atoms with Crippen molar-refractivity contribution < 1.29 is 14.7 Å². The van der Waals surface area contributed by atoms with Crippen LogP contribution in [-0.4, -0.2) is 65.7 Å². The van der Waals surface area contributed by atoms with E-state index in [9.17, 15) is 9.59 Å². The van der Waals surface area contributed by atoms with E-state index >= 15 is 0 Å². The molecule has 3 amide bonds. The molecule has 160 valence electrons. The van der Waals surface area contributed by atoms with Crippen molar-refractivity contribution >= 4 is 23.3 Å². The maximum atomic E-state index is 13.2. The molecule has 0 radical (unpaired) electrons. The number of aliphatic hydroxyl groups excluding tert-OH is 1. The van der Waals surface area contributed by atoms with E-state index in [1.54, 1.807) is 11.3 Å². The summed E-state index contributed by atoms with van der Waals surface area (Å²) in [4.78, 5) is 30.6. The monoisotopic (exact) mass is 419 g/mol. The minimum atomic E-state index is -0.0910. The molecule has 0 spiro atoms. The Hall–Kier alpha value is -1.60. The van der Waals surface area contributed by atoms with Crippen LogP contribution in [0.25, 0.3) is 0 Å². The van der Waals surface area contributed by atoms with Crippen molar-refractivity contribution in [2.45, 2.75) is 63.3 Å². The molecule has 1 aromatic rings. The number of carbonyl (C=O) groups excluding carboxylic acids is 2. The Labute approximate surface area is 177 Å². The number of likely N-dealkylation sites (tertiary alicyclic amines) is 2. The Morgan fingerprint density at radius 2 is 1.83 bits per heavy atom. The predicted octanol–water partition coefficient (Wildman–Crippen LogP) is 3.42. The Morgan fingerprint density at radius 1 is 1.07 bits per heavy atom. The fourth-order valence-corrected chi connectivity index (χ4v) is 6.42. The summed E-state index contributed by atoms with van der Waals surface area (Å²) in [6.45, 7) is 2.62. The topological polar surface area (TPSA) is 72.9 Å². The molecule has 2 aliphatic heterocycles. The number of piperidine rings is 2. The fourth-order valence-electron chi connectivity index (χ4n) is 5.36. The largest absolute Gasteiger partial charge is 0.395 e. The van der Waals surface area contributed by atoms with Crippen LogP contribution in [0.5, 0.6) is 0 Å². The number of urea groups is 1. The zero-order valence-corrected chi connectivity index (χ0v) is 18.0. The summed E-state index contributed by atoms with van der Waals surface area (Å²) >= 11 is 1.70. The van der Waals surface area contributed by atoms with Gasteiger partial charge in [-0.1, -0.05) is 12.8 Å². The summed E-state index contributed by atoms with van der Waals surface area (Å²) in [5, 5.41) is 13.6. The highest BCUT2D eigenvalue weighted by Gasteiger charge is 2.36. The average Bonchev–Trinajstić information content (AvgIpc) is 3.27. The number of rotatable bonds is 4. The van der Waals surface area contributed by atoms with Gasteiger partial charge in [0.15, 0.2) is 0 Å². The number of amides is 3. The normalized spacial score (nSPS) is 25.6. The van der Waals surface area contributed by atoms with E-state index in [0.29, 0.717) is 24.4 Å². The SMILES string of the molecule is O=C(NCCO)N1CCC(c2cc(C(=O)N3CCCC4CCCCC43)cs2)CC1. The predicted molar refractivity (Wildman–Crippen MR) is 114 cm³/mol. The lowest BCUT2D eigenvalue weighted by Crippen LogP contribution is -2.49. The number of nitrogens with one attached hydrogen (secondary N) is 1. The van der Waals surface area contributed by atoms with Gasteiger partial charge < -0.3 is 20.2 Å². The third kappa shape index (κ3) is 4.61.